The Kier molecular flexibility index (Phi) is 20.1. The monoisotopic (exact) mass is 628 g/mol. The topological polar surface area (TPSA) is 64.6 Å². The fourth-order valence-electron chi connectivity index (χ4n) is 5.31. The lowest BCUT2D eigenvalue weighted by Gasteiger charge is -2.28. The van der Waals surface area contributed by atoms with E-state index in [1.165, 1.54) is 5.57 Å². The molecule has 2 radical (unpaired) electrons. The van der Waals surface area contributed by atoms with Gasteiger partial charge in [-0.3, -0.25) is 0 Å². The molecule has 7 nitrogen and oxygen atoms in total. The lowest BCUT2D eigenvalue weighted by Crippen LogP contribution is -2.30. The van der Waals surface area contributed by atoms with Gasteiger partial charge in [-0.25, -0.2) is 0 Å². The molecule has 8 atom stereocenters. The molecule has 1 unspecified atom stereocenters. The highest BCUT2D eigenvalue weighted by Crippen LogP contribution is 2.31. The van der Waals surface area contributed by atoms with Crippen LogP contribution in [0.25, 0.3) is 0 Å². The maximum absolute atomic E-state index is 6.25. The molecule has 0 saturated heterocycles. The van der Waals surface area contributed by atoms with Crippen molar-refractivity contribution in [2.24, 2.45) is 5.92 Å². The molecule has 9 heteroatoms. The van der Waals surface area contributed by atoms with Crippen LogP contribution in [0.3, 0.4) is 0 Å². The average molecular weight is 629 g/mol. The molecule has 2 aliphatic rings. The lowest BCUT2D eigenvalue weighted by atomic mass is 9.91. The van der Waals surface area contributed by atoms with E-state index < -0.39 is 8.03 Å². The Bertz CT molecular complexity index is 999. The molecule has 0 amide bonds. The van der Waals surface area contributed by atoms with Crippen LogP contribution in [0, 0.1) is 17.8 Å². The summed E-state index contributed by atoms with van der Waals surface area (Å²) in [6.07, 6.45) is 19.8. The zero-order valence-electron chi connectivity index (χ0n) is 27.7. The summed E-state index contributed by atoms with van der Waals surface area (Å²) >= 11 is 0. The minimum Gasteiger partial charge on any atom is -0.370 e. The molecule has 0 N–H and O–H groups in total. The SMILES string of the molecule is [B]P(C)O[C@@H](C/C=C/[C@H](CC(=C)C[C@H](C)C[C@@H]1CC=C[C@@H](CC#CC)O1)OCOC)[C@H](/C=C/[C@@H]1CC(C)=CCO1)OCOC. The molecule has 0 aromatic carbocycles. The van der Waals surface area contributed by atoms with Crippen molar-refractivity contribution < 1.29 is 32.9 Å². The Labute approximate surface area is 269 Å². The molecule has 0 fully saturated rings. The molecular formula is C35H54BO7P. The molecule has 0 bridgehead atoms. The van der Waals surface area contributed by atoms with Gasteiger partial charge >= 0.3 is 0 Å². The highest BCUT2D eigenvalue weighted by atomic mass is 31.1. The number of ether oxygens (including phenoxy) is 6. The van der Waals surface area contributed by atoms with Crippen LogP contribution >= 0.6 is 8.03 Å². The van der Waals surface area contributed by atoms with E-state index in [2.05, 4.69) is 68.7 Å². The van der Waals surface area contributed by atoms with Crippen molar-refractivity contribution >= 4 is 15.6 Å². The van der Waals surface area contributed by atoms with Crippen molar-refractivity contribution in [1.82, 2.24) is 0 Å². The predicted octanol–water partition coefficient (Wildman–Crippen LogP) is 7.19. The number of hydrogen-bond acceptors (Lipinski definition) is 7. The maximum Gasteiger partial charge on any atom is 0.148 e. The Hall–Kier alpha value is -1.53. The quantitative estimate of drug-likeness (QED) is 0.0439. The van der Waals surface area contributed by atoms with Gasteiger partial charge in [0.25, 0.3) is 0 Å². The highest BCUT2D eigenvalue weighted by molar-refractivity contribution is 7.77. The Morgan fingerprint density at radius 1 is 1.20 bits per heavy atom. The van der Waals surface area contributed by atoms with Crippen LogP contribution in [0.4, 0.5) is 0 Å². The van der Waals surface area contributed by atoms with Gasteiger partial charge in [-0.15, -0.1) is 11.8 Å². The van der Waals surface area contributed by atoms with Crippen LogP contribution in [0.15, 0.2) is 60.3 Å². The van der Waals surface area contributed by atoms with Crippen molar-refractivity contribution in [1.29, 1.82) is 0 Å². The Balaban J connectivity index is 1.99. The van der Waals surface area contributed by atoms with Crippen LogP contribution in [0.5, 0.6) is 0 Å². The number of methoxy groups -OCH3 is 2. The van der Waals surface area contributed by atoms with Gasteiger partial charge in [0.2, 0.25) is 0 Å². The van der Waals surface area contributed by atoms with E-state index in [9.17, 15) is 0 Å². The zero-order valence-corrected chi connectivity index (χ0v) is 28.6. The summed E-state index contributed by atoms with van der Waals surface area (Å²) in [5.74, 6) is 6.52. The van der Waals surface area contributed by atoms with Gasteiger partial charge < -0.3 is 32.9 Å². The second-order valence-corrected chi connectivity index (χ2v) is 12.9. The van der Waals surface area contributed by atoms with Gasteiger partial charge in [-0.05, 0) is 73.0 Å². The molecule has 0 aromatic rings. The third-order valence-electron chi connectivity index (χ3n) is 7.34. The fourth-order valence-corrected chi connectivity index (χ4v) is 5.94. The largest absolute Gasteiger partial charge is 0.370 e. The third kappa shape index (κ3) is 16.7. The molecule has 244 valence electrons. The molecule has 0 aliphatic carbocycles. The summed E-state index contributed by atoms with van der Waals surface area (Å²) < 4.78 is 40.7. The zero-order chi connectivity index (χ0) is 32.2. The lowest BCUT2D eigenvalue weighted by molar-refractivity contribution is -0.0853. The first-order valence-corrected chi connectivity index (χ1v) is 17.4. The molecule has 0 aromatic heterocycles. The first-order valence-electron chi connectivity index (χ1n) is 15.6. The smallest absolute Gasteiger partial charge is 0.148 e. The van der Waals surface area contributed by atoms with Crippen molar-refractivity contribution in [3.05, 3.63) is 60.3 Å². The van der Waals surface area contributed by atoms with E-state index in [0.717, 1.165) is 37.7 Å². The minimum absolute atomic E-state index is 0.00372. The van der Waals surface area contributed by atoms with Gasteiger partial charge in [-0.1, -0.05) is 67.2 Å². The van der Waals surface area contributed by atoms with Crippen molar-refractivity contribution in [2.45, 2.75) is 102 Å². The number of rotatable bonds is 21. The second-order valence-electron chi connectivity index (χ2n) is 11.6. The third-order valence-corrected chi connectivity index (χ3v) is 7.94. The van der Waals surface area contributed by atoms with Gasteiger partial charge in [0, 0.05) is 20.6 Å². The van der Waals surface area contributed by atoms with Crippen molar-refractivity contribution in [3.63, 3.8) is 0 Å². The highest BCUT2D eigenvalue weighted by Gasteiger charge is 2.23. The maximum atomic E-state index is 6.25. The molecule has 44 heavy (non-hydrogen) atoms. The van der Waals surface area contributed by atoms with Gasteiger partial charge in [-0.2, -0.15) is 0 Å². The van der Waals surface area contributed by atoms with Gasteiger partial charge in [0.15, 0.2) is 0 Å². The van der Waals surface area contributed by atoms with Crippen LogP contribution < -0.4 is 0 Å². The molecule has 2 heterocycles. The van der Waals surface area contributed by atoms with Gasteiger partial charge in [0.1, 0.15) is 27.3 Å². The second kappa shape index (κ2) is 22.9. The summed E-state index contributed by atoms with van der Waals surface area (Å²) in [5.41, 5.74) is 2.45. The summed E-state index contributed by atoms with van der Waals surface area (Å²) in [6.45, 7) is 13.5. The summed E-state index contributed by atoms with van der Waals surface area (Å²) in [5, 5.41) is 0. The van der Waals surface area contributed by atoms with E-state index in [1.54, 1.807) is 14.2 Å². The van der Waals surface area contributed by atoms with E-state index in [4.69, 9.17) is 40.5 Å². The predicted molar refractivity (Wildman–Crippen MR) is 181 cm³/mol. The van der Waals surface area contributed by atoms with Crippen molar-refractivity contribution in [3.8, 4) is 11.8 Å². The summed E-state index contributed by atoms with van der Waals surface area (Å²) in [7, 11) is 8.24. The van der Waals surface area contributed by atoms with E-state index in [1.807, 2.05) is 19.7 Å². The van der Waals surface area contributed by atoms with Crippen molar-refractivity contribution in [2.75, 3.05) is 41.1 Å². The molecule has 2 rings (SSSR count). The summed E-state index contributed by atoms with van der Waals surface area (Å²) in [4.78, 5) is 0. The van der Waals surface area contributed by atoms with E-state index >= 15 is 0 Å². The number of hydrogen-bond donors (Lipinski definition) is 0. The molecular weight excluding hydrogens is 574 g/mol. The van der Waals surface area contributed by atoms with Crippen LogP contribution in [-0.4, -0.2) is 85.3 Å². The first kappa shape index (κ1) is 38.7. The standard InChI is InChI=1S/C35H54BO7P/c1-8-9-12-30-13-10-15-33(42-30)24-29(4)21-28(3)23-31(40-25-37-5)14-11-16-35(43-44(7)36)34(41-26-38-6)18-17-32-22-27(2)19-20-39-32/h10-11,13-14,17-19,29-35H,3,12,15-16,20-26H2,1-2,4-7H3/b14-11+,18-17+/t29-,30+,31+,32+,33-,34-,35-,44?/m0/s1. The molecule has 0 saturated carbocycles. The summed E-state index contributed by atoms with van der Waals surface area (Å²) in [6, 6.07) is 0. The minimum atomic E-state index is -1.11. The normalized spacial score (nSPS) is 24.0. The van der Waals surface area contributed by atoms with Crippen LogP contribution in [-0.2, 0) is 32.9 Å². The average Bonchev–Trinajstić information content (AvgIpc) is 2.98. The van der Waals surface area contributed by atoms with E-state index in [0.29, 0.717) is 25.4 Å². The Morgan fingerprint density at radius 2 is 1.98 bits per heavy atom. The fraction of sp³-hybridized carbons (Fsp3) is 0.657. The Morgan fingerprint density at radius 3 is 2.68 bits per heavy atom. The first-order chi connectivity index (χ1) is 21.2. The van der Waals surface area contributed by atoms with E-state index in [-0.39, 0.29) is 50.2 Å². The van der Waals surface area contributed by atoms with Crippen LogP contribution in [0.2, 0.25) is 0 Å². The van der Waals surface area contributed by atoms with Gasteiger partial charge in [0.05, 0.1) is 37.1 Å². The molecule has 0 spiro atoms. The molecule has 2 aliphatic heterocycles. The van der Waals surface area contributed by atoms with Crippen LogP contribution in [0.1, 0.15) is 65.7 Å².